The van der Waals surface area contributed by atoms with Gasteiger partial charge in [0.25, 0.3) is 0 Å². The van der Waals surface area contributed by atoms with Crippen molar-refractivity contribution < 1.29 is 13.9 Å². The van der Waals surface area contributed by atoms with Crippen LogP contribution in [-0.4, -0.2) is 58.5 Å². The van der Waals surface area contributed by atoms with Gasteiger partial charge >= 0.3 is 0 Å². The first kappa shape index (κ1) is 17.9. The minimum absolute atomic E-state index is 0.125. The summed E-state index contributed by atoms with van der Waals surface area (Å²) >= 11 is 0. The summed E-state index contributed by atoms with van der Waals surface area (Å²) in [6.45, 7) is 5.33. The Balaban J connectivity index is 1.56. The van der Waals surface area contributed by atoms with Crippen LogP contribution in [0.1, 0.15) is 6.92 Å². The summed E-state index contributed by atoms with van der Waals surface area (Å²) in [5, 5.41) is 5.52. The molecule has 0 radical (unpaired) electrons. The van der Waals surface area contributed by atoms with Crippen molar-refractivity contribution >= 4 is 22.4 Å². The smallest absolute Gasteiger partial charge is 0.232 e. The summed E-state index contributed by atoms with van der Waals surface area (Å²) in [4.78, 5) is 11.2. The molecule has 0 spiro atoms. The van der Waals surface area contributed by atoms with Gasteiger partial charge in [-0.2, -0.15) is 0 Å². The van der Waals surface area contributed by atoms with Gasteiger partial charge < -0.3 is 24.5 Å². The molecule has 0 bridgehead atoms. The van der Waals surface area contributed by atoms with Crippen LogP contribution in [0.3, 0.4) is 0 Å². The van der Waals surface area contributed by atoms with Crippen molar-refractivity contribution in [2.24, 2.45) is 5.73 Å². The van der Waals surface area contributed by atoms with Gasteiger partial charge in [0.15, 0.2) is 11.4 Å². The lowest BCUT2D eigenvalue weighted by molar-refractivity contribution is 0.122. The second kappa shape index (κ2) is 7.34. The number of furan rings is 1. The van der Waals surface area contributed by atoms with Crippen molar-refractivity contribution in [3.63, 3.8) is 0 Å². The monoisotopic (exact) mass is 394 g/mol. The first-order valence-electron chi connectivity index (χ1n) is 9.66. The first-order chi connectivity index (χ1) is 14.2. The Kier molecular flexibility index (Phi) is 4.53. The highest BCUT2D eigenvalue weighted by molar-refractivity contribution is 5.92. The third-order valence-electron chi connectivity index (χ3n) is 4.98. The highest BCUT2D eigenvalue weighted by Crippen LogP contribution is 2.33. The van der Waals surface area contributed by atoms with Crippen molar-refractivity contribution in [1.29, 1.82) is 0 Å². The van der Waals surface area contributed by atoms with Crippen LogP contribution in [0.25, 0.3) is 28.1 Å². The van der Waals surface area contributed by atoms with Gasteiger partial charge in [0.05, 0.1) is 24.8 Å². The standard InChI is InChI=1S/C20H22N6O3/c1-13(11-21)28-19-3-2-18-23-12-15(26(18)24-19)17-10-14-16(29-17)4-5-22-20(14)25-6-8-27-9-7-25/h2-5,10,12-13H,6-9,11,21H2,1H3. The Bertz CT molecular complexity index is 1150. The number of morpholine rings is 1. The van der Waals surface area contributed by atoms with E-state index < -0.39 is 0 Å². The summed E-state index contributed by atoms with van der Waals surface area (Å²) in [6, 6.07) is 7.51. The molecule has 0 aliphatic carbocycles. The topological polar surface area (TPSA) is 104 Å². The molecule has 5 rings (SSSR count). The van der Waals surface area contributed by atoms with Crippen molar-refractivity contribution in [3.05, 3.63) is 36.7 Å². The van der Waals surface area contributed by atoms with Gasteiger partial charge in [0.2, 0.25) is 5.88 Å². The van der Waals surface area contributed by atoms with Gasteiger partial charge in [-0.3, -0.25) is 0 Å². The molecule has 0 saturated carbocycles. The molecule has 5 heterocycles. The quantitative estimate of drug-likeness (QED) is 0.549. The Morgan fingerprint density at radius 3 is 2.90 bits per heavy atom. The lowest BCUT2D eigenvalue weighted by Crippen LogP contribution is -2.36. The number of fused-ring (bicyclic) bond motifs is 2. The van der Waals surface area contributed by atoms with Crippen molar-refractivity contribution in [3.8, 4) is 17.3 Å². The van der Waals surface area contributed by atoms with Gasteiger partial charge in [-0.05, 0) is 25.1 Å². The molecule has 29 heavy (non-hydrogen) atoms. The fourth-order valence-electron chi connectivity index (χ4n) is 3.44. The zero-order valence-electron chi connectivity index (χ0n) is 16.1. The van der Waals surface area contributed by atoms with E-state index in [1.54, 1.807) is 23.0 Å². The number of hydrogen-bond donors (Lipinski definition) is 1. The second-order valence-electron chi connectivity index (χ2n) is 7.01. The number of ether oxygens (including phenoxy) is 2. The van der Waals surface area contributed by atoms with E-state index in [0.717, 1.165) is 35.6 Å². The molecular formula is C20H22N6O3. The van der Waals surface area contributed by atoms with E-state index in [-0.39, 0.29) is 6.10 Å². The normalized spacial score (nSPS) is 15.9. The van der Waals surface area contributed by atoms with Crippen molar-refractivity contribution in [2.45, 2.75) is 13.0 Å². The molecule has 150 valence electrons. The fraction of sp³-hybridized carbons (Fsp3) is 0.350. The number of nitrogens with zero attached hydrogens (tertiary/aromatic N) is 5. The predicted octanol–water partition coefficient (Wildman–Crippen LogP) is 2.10. The summed E-state index contributed by atoms with van der Waals surface area (Å²) < 4.78 is 19.1. The maximum absolute atomic E-state index is 6.13. The molecule has 1 aliphatic rings. The van der Waals surface area contributed by atoms with Gasteiger partial charge in [-0.25, -0.2) is 14.5 Å². The van der Waals surface area contributed by atoms with E-state index in [1.807, 2.05) is 25.1 Å². The highest BCUT2D eigenvalue weighted by atomic mass is 16.5. The molecule has 0 amide bonds. The van der Waals surface area contributed by atoms with E-state index in [1.165, 1.54) is 0 Å². The van der Waals surface area contributed by atoms with Gasteiger partial charge in [0.1, 0.15) is 23.2 Å². The molecule has 4 aromatic heterocycles. The fourth-order valence-corrected chi connectivity index (χ4v) is 3.44. The van der Waals surface area contributed by atoms with Crippen LogP contribution < -0.4 is 15.4 Å². The average Bonchev–Trinajstić information content (AvgIpc) is 3.37. The lowest BCUT2D eigenvalue weighted by Gasteiger charge is -2.28. The van der Waals surface area contributed by atoms with Crippen molar-refractivity contribution in [2.75, 3.05) is 37.7 Å². The Morgan fingerprint density at radius 1 is 1.21 bits per heavy atom. The number of pyridine rings is 1. The molecular weight excluding hydrogens is 372 g/mol. The maximum atomic E-state index is 6.13. The zero-order valence-corrected chi connectivity index (χ0v) is 16.1. The second-order valence-corrected chi connectivity index (χ2v) is 7.01. The highest BCUT2D eigenvalue weighted by Gasteiger charge is 2.20. The lowest BCUT2D eigenvalue weighted by atomic mass is 10.2. The molecule has 1 saturated heterocycles. The van der Waals surface area contributed by atoms with Crippen LogP contribution in [-0.2, 0) is 4.74 Å². The summed E-state index contributed by atoms with van der Waals surface area (Å²) in [5.74, 6) is 2.07. The molecule has 1 atom stereocenters. The SMILES string of the molecule is CC(CN)Oc1ccc2ncc(-c3cc4c(N5CCOCC5)nccc4o3)n2n1. The van der Waals surface area contributed by atoms with Gasteiger partial charge in [0, 0.05) is 31.9 Å². The van der Waals surface area contributed by atoms with E-state index in [0.29, 0.717) is 37.0 Å². The molecule has 0 aromatic carbocycles. The maximum Gasteiger partial charge on any atom is 0.232 e. The van der Waals surface area contributed by atoms with Gasteiger partial charge in [-0.1, -0.05) is 0 Å². The summed E-state index contributed by atoms with van der Waals surface area (Å²) in [6.07, 6.45) is 3.39. The van der Waals surface area contributed by atoms with Crippen LogP contribution >= 0.6 is 0 Å². The van der Waals surface area contributed by atoms with Crippen LogP contribution in [0.4, 0.5) is 5.82 Å². The Morgan fingerprint density at radius 2 is 2.07 bits per heavy atom. The summed E-state index contributed by atoms with van der Waals surface area (Å²) in [5.41, 5.74) is 7.87. The van der Waals surface area contributed by atoms with E-state index >= 15 is 0 Å². The number of rotatable bonds is 5. The molecule has 9 heteroatoms. The van der Waals surface area contributed by atoms with Gasteiger partial charge in [-0.15, -0.1) is 5.10 Å². The van der Waals surface area contributed by atoms with Crippen LogP contribution in [0, 0.1) is 0 Å². The molecule has 1 fully saturated rings. The number of imidazole rings is 1. The number of hydrogen-bond acceptors (Lipinski definition) is 8. The van der Waals surface area contributed by atoms with Crippen LogP contribution in [0.5, 0.6) is 5.88 Å². The third kappa shape index (κ3) is 3.28. The van der Waals surface area contributed by atoms with E-state index in [9.17, 15) is 0 Å². The Hall–Kier alpha value is -3.17. The van der Waals surface area contributed by atoms with Crippen molar-refractivity contribution in [1.82, 2.24) is 19.6 Å². The largest absolute Gasteiger partial charge is 0.472 e. The molecule has 1 unspecified atom stereocenters. The minimum Gasteiger partial charge on any atom is -0.472 e. The molecule has 4 aromatic rings. The molecule has 2 N–H and O–H groups in total. The number of anilines is 1. The predicted molar refractivity (Wildman–Crippen MR) is 108 cm³/mol. The van der Waals surface area contributed by atoms with E-state index in [2.05, 4.69) is 20.0 Å². The number of nitrogens with two attached hydrogens (primary N) is 1. The Labute approximate surface area is 167 Å². The third-order valence-corrected chi connectivity index (χ3v) is 4.98. The molecule has 1 aliphatic heterocycles. The minimum atomic E-state index is -0.125. The molecule has 9 nitrogen and oxygen atoms in total. The van der Waals surface area contributed by atoms with E-state index in [4.69, 9.17) is 19.6 Å². The zero-order chi connectivity index (χ0) is 19.8. The van der Waals surface area contributed by atoms with Crippen LogP contribution in [0.2, 0.25) is 0 Å². The number of aromatic nitrogens is 4. The average molecular weight is 394 g/mol. The summed E-state index contributed by atoms with van der Waals surface area (Å²) in [7, 11) is 0. The first-order valence-corrected chi connectivity index (χ1v) is 9.66. The van der Waals surface area contributed by atoms with Crippen LogP contribution in [0.15, 0.2) is 41.1 Å².